The van der Waals surface area contributed by atoms with Gasteiger partial charge in [0.2, 0.25) is 5.91 Å². The van der Waals surface area contributed by atoms with Crippen LogP contribution in [0.1, 0.15) is 26.7 Å². The predicted octanol–water partition coefficient (Wildman–Crippen LogP) is 1.54. The van der Waals surface area contributed by atoms with Crippen molar-refractivity contribution < 1.29 is 14.3 Å². The summed E-state index contributed by atoms with van der Waals surface area (Å²) < 4.78 is 5.14. The van der Waals surface area contributed by atoms with Crippen LogP contribution in [-0.2, 0) is 14.3 Å². The minimum Gasteiger partial charge on any atom is -0.383 e. The maximum Gasteiger partial charge on any atom is 0.223 e. The van der Waals surface area contributed by atoms with Crippen LogP contribution in [0.3, 0.4) is 0 Å². The van der Waals surface area contributed by atoms with Crippen LogP contribution in [0.4, 0.5) is 0 Å². The van der Waals surface area contributed by atoms with E-state index in [0.717, 1.165) is 18.7 Å². The monoisotopic (exact) mass is 259 g/mol. The topological polar surface area (TPSA) is 46.6 Å². The highest BCUT2D eigenvalue weighted by Gasteiger charge is 2.33. The van der Waals surface area contributed by atoms with E-state index in [1.54, 1.807) is 14.0 Å². The lowest BCUT2D eigenvalue weighted by Gasteiger charge is -2.26. The summed E-state index contributed by atoms with van der Waals surface area (Å²) in [5.74, 6) is 1.26. The second kappa shape index (κ2) is 7.01. The van der Waals surface area contributed by atoms with E-state index >= 15 is 0 Å². The van der Waals surface area contributed by atoms with Crippen LogP contribution in [0.2, 0.25) is 0 Å². The van der Waals surface area contributed by atoms with Crippen LogP contribution < -0.4 is 0 Å². The smallest absolute Gasteiger partial charge is 0.223 e. The second-order valence-electron chi connectivity index (χ2n) is 4.44. The number of thioether (sulfide) groups is 1. The van der Waals surface area contributed by atoms with Gasteiger partial charge in [0.15, 0.2) is 5.12 Å². The van der Waals surface area contributed by atoms with Crippen molar-refractivity contribution in [1.82, 2.24) is 4.90 Å². The molecule has 0 aromatic carbocycles. The number of carbonyl (C=O) groups excluding carboxylic acids is 2. The zero-order valence-electron chi connectivity index (χ0n) is 10.8. The Bertz CT molecular complexity index is 283. The second-order valence-corrected chi connectivity index (χ2v) is 5.63. The number of amides is 1. The highest BCUT2D eigenvalue weighted by Crippen LogP contribution is 2.24. The lowest BCUT2D eigenvalue weighted by Crippen LogP contribution is -2.39. The fraction of sp³-hybridized carbons (Fsp3) is 0.833. The van der Waals surface area contributed by atoms with Gasteiger partial charge in [0.25, 0.3) is 0 Å². The van der Waals surface area contributed by atoms with Crippen LogP contribution in [0, 0.1) is 5.92 Å². The Morgan fingerprint density at radius 1 is 1.65 bits per heavy atom. The molecule has 1 aliphatic rings. The average Bonchev–Trinajstić information content (AvgIpc) is 2.65. The van der Waals surface area contributed by atoms with Gasteiger partial charge in [-0.2, -0.15) is 0 Å². The number of nitrogens with zero attached hydrogens (tertiary/aromatic N) is 1. The van der Waals surface area contributed by atoms with Gasteiger partial charge < -0.3 is 9.64 Å². The van der Waals surface area contributed by atoms with Gasteiger partial charge in [-0.05, 0) is 12.3 Å². The highest BCUT2D eigenvalue weighted by atomic mass is 32.2. The van der Waals surface area contributed by atoms with Crippen molar-refractivity contribution in [3.8, 4) is 0 Å². The lowest BCUT2D eigenvalue weighted by atomic mass is 10.1. The molecule has 2 atom stereocenters. The Morgan fingerprint density at radius 3 is 2.88 bits per heavy atom. The maximum atomic E-state index is 11.9. The molecule has 4 nitrogen and oxygen atoms in total. The van der Waals surface area contributed by atoms with Crippen molar-refractivity contribution in [2.24, 2.45) is 5.92 Å². The molecule has 1 amide bonds. The summed E-state index contributed by atoms with van der Waals surface area (Å²) in [6.45, 7) is 4.99. The number of likely N-dealkylation sites (tertiary alicyclic amines) is 1. The van der Waals surface area contributed by atoms with E-state index in [1.165, 1.54) is 11.8 Å². The predicted molar refractivity (Wildman–Crippen MR) is 68.9 cm³/mol. The quantitative estimate of drug-likeness (QED) is 0.726. The summed E-state index contributed by atoms with van der Waals surface area (Å²) in [4.78, 5) is 24.7. The van der Waals surface area contributed by atoms with Gasteiger partial charge in [0, 0.05) is 32.8 Å². The normalized spacial score (nSPS) is 21.9. The molecule has 0 saturated carbocycles. The van der Waals surface area contributed by atoms with Gasteiger partial charge in [-0.15, -0.1) is 0 Å². The van der Waals surface area contributed by atoms with Crippen LogP contribution in [0.25, 0.3) is 0 Å². The summed E-state index contributed by atoms with van der Waals surface area (Å²) in [5, 5.41) is 0.125. The van der Waals surface area contributed by atoms with Crippen LogP contribution in [0.15, 0.2) is 0 Å². The average molecular weight is 259 g/mol. The van der Waals surface area contributed by atoms with Gasteiger partial charge in [-0.1, -0.05) is 18.7 Å². The molecule has 0 aliphatic carbocycles. The first-order valence-electron chi connectivity index (χ1n) is 6.00. The van der Waals surface area contributed by atoms with Crippen molar-refractivity contribution in [3.05, 3.63) is 0 Å². The maximum absolute atomic E-state index is 11.9. The number of carbonyl (C=O) groups is 2. The molecule has 1 aliphatic heterocycles. The first-order valence-corrected chi connectivity index (χ1v) is 6.98. The molecule has 0 bridgehead atoms. The van der Waals surface area contributed by atoms with Gasteiger partial charge in [-0.3, -0.25) is 9.59 Å². The van der Waals surface area contributed by atoms with Crippen molar-refractivity contribution in [3.63, 3.8) is 0 Å². The Kier molecular flexibility index (Phi) is 5.98. The Hall–Kier alpha value is -0.550. The molecule has 5 heteroatoms. The minimum absolute atomic E-state index is 0.125. The zero-order chi connectivity index (χ0) is 12.8. The number of methoxy groups -OCH3 is 1. The molecule has 1 fully saturated rings. The third-order valence-corrected chi connectivity index (χ3v) is 4.08. The summed E-state index contributed by atoms with van der Waals surface area (Å²) >= 11 is 1.32. The van der Waals surface area contributed by atoms with Crippen LogP contribution in [-0.4, -0.2) is 48.0 Å². The lowest BCUT2D eigenvalue weighted by molar-refractivity contribution is -0.130. The van der Waals surface area contributed by atoms with E-state index in [2.05, 4.69) is 6.92 Å². The molecule has 2 unspecified atom stereocenters. The third-order valence-electron chi connectivity index (χ3n) is 3.03. The molecular formula is C12H21NO3S. The van der Waals surface area contributed by atoms with E-state index in [9.17, 15) is 9.59 Å². The van der Waals surface area contributed by atoms with Crippen molar-refractivity contribution in [1.29, 1.82) is 0 Å². The van der Waals surface area contributed by atoms with Crippen LogP contribution >= 0.6 is 11.8 Å². The number of rotatable bonds is 6. The molecule has 17 heavy (non-hydrogen) atoms. The fourth-order valence-corrected chi connectivity index (χ4v) is 2.82. The molecule has 0 aromatic heterocycles. The highest BCUT2D eigenvalue weighted by molar-refractivity contribution is 8.13. The third kappa shape index (κ3) is 4.32. The molecule has 1 rings (SSSR count). The van der Waals surface area contributed by atoms with E-state index < -0.39 is 0 Å². The zero-order valence-corrected chi connectivity index (χ0v) is 11.6. The molecule has 0 aromatic rings. The molecule has 98 valence electrons. The van der Waals surface area contributed by atoms with Gasteiger partial charge >= 0.3 is 0 Å². The van der Waals surface area contributed by atoms with Crippen molar-refractivity contribution >= 4 is 22.8 Å². The molecule has 0 spiro atoms. The summed E-state index contributed by atoms with van der Waals surface area (Å²) in [6, 6.07) is 0.180. The van der Waals surface area contributed by atoms with Crippen molar-refractivity contribution in [2.75, 3.05) is 26.0 Å². The van der Waals surface area contributed by atoms with Crippen LogP contribution in [0.5, 0.6) is 0 Å². The molecule has 0 radical (unpaired) electrons. The van der Waals surface area contributed by atoms with Gasteiger partial charge in [0.1, 0.15) is 0 Å². The fourth-order valence-electron chi connectivity index (χ4n) is 2.13. The minimum atomic E-state index is 0.125. The van der Waals surface area contributed by atoms with E-state index in [1.807, 2.05) is 4.90 Å². The van der Waals surface area contributed by atoms with Gasteiger partial charge in [-0.25, -0.2) is 0 Å². The first-order chi connectivity index (χ1) is 8.08. The summed E-state index contributed by atoms with van der Waals surface area (Å²) in [7, 11) is 1.66. The number of hydrogen-bond donors (Lipinski definition) is 0. The molecule has 0 N–H and O–H groups in total. The summed E-state index contributed by atoms with van der Waals surface area (Å²) in [5.41, 5.74) is 0. The van der Waals surface area contributed by atoms with E-state index in [4.69, 9.17) is 4.74 Å². The Labute approximate surface area is 107 Å². The number of ether oxygens (including phenoxy) is 1. The Balaban J connectivity index is 2.47. The summed E-state index contributed by atoms with van der Waals surface area (Å²) in [6.07, 6.45) is 1.48. The molecular weight excluding hydrogens is 238 g/mol. The first kappa shape index (κ1) is 14.5. The molecule has 1 saturated heterocycles. The Morgan fingerprint density at radius 2 is 2.35 bits per heavy atom. The SMILES string of the molecule is CCC(COC)N1CC(CSC(C)=O)CC1=O. The standard InChI is InChI=1S/C12H21NO3S/c1-4-11(7-16-3)13-6-10(5-12(13)15)8-17-9(2)14/h10-11H,4-8H2,1-3H3. The van der Waals surface area contributed by atoms with Gasteiger partial charge in [0.05, 0.1) is 12.6 Å². The number of hydrogen-bond acceptors (Lipinski definition) is 4. The van der Waals surface area contributed by atoms with E-state index in [-0.39, 0.29) is 17.1 Å². The largest absolute Gasteiger partial charge is 0.383 e. The van der Waals surface area contributed by atoms with Crippen molar-refractivity contribution in [2.45, 2.75) is 32.7 Å². The van der Waals surface area contributed by atoms with E-state index in [0.29, 0.717) is 18.9 Å². The molecule has 1 heterocycles.